The molecule has 2 heterocycles. The number of rotatable bonds is 2. The van der Waals surface area contributed by atoms with Gasteiger partial charge in [0.15, 0.2) is 5.82 Å². The van der Waals surface area contributed by atoms with Gasteiger partial charge in [0.1, 0.15) is 6.10 Å². The van der Waals surface area contributed by atoms with Crippen LogP contribution in [0.3, 0.4) is 0 Å². The standard InChI is InChI=1S/C9H10N2O3/c12-9(13)6-4-10-8(11-5-6)7-2-1-3-14-7/h4-5,7H,1-3H2,(H,12,13). The maximum atomic E-state index is 10.5. The van der Waals surface area contributed by atoms with Gasteiger partial charge in [0.05, 0.1) is 5.56 Å². The van der Waals surface area contributed by atoms with Gasteiger partial charge in [-0.15, -0.1) is 0 Å². The summed E-state index contributed by atoms with van der Waals surface area (Å²) in [6, 6.07) is 0. The van der Waals surface area contributed by atoms with E-state index < -0.39 is 5.97 Å². The summed E-state index contributed by atoms with van der Waals surface area (Å²) in [6.07, 6.45) is 4.48. The van der Waals surface area contributed by atoms with E-state index in [2.05, 4.69) is 9.97 Å². The Balaban J connectivity index is 2.16. The Labute approximate surface area is 80.8 Å². The van der Waals surface area contributed by atoms with Crippen molar-refractivity contribution in [1.82, 2.24) is 9.97 Å². The van der Waals surface area contributed by atoms with Gasteiger partial charge in [-0.1, -0.05) is 0 Å². The van der Waals surface area contributed by atoms with Crippen molar-refractivity contribution in [3.05, 3.63) is 23.8 Å². The molecule has 1 aliphatic rings. The first-order valence-electron chi connectivity index (χ1n) is 4.44. The van der Waals surface area contributed by atoms with Crippen LogP contribution in [-0.2, 0) is 4.74 Å². The Morgan fingerprint density at radius 1 is 1.50 bits per heavy atom. The van der Waals surface area contributed by atoms with Crippen molar-refractivity contribution in [3.8, 4) is 0 Å². The van der Waals surface area contributed by atoms with Crippen LogP contribution in [0.15, 0.2) is 12.4 Å². The van der Waals surface area contributed by atoms with Gasteiger partial charge in [0.2, 0.25) is 0 Å². The highest BCUT2D eigenvalue weighted by Gasteiger charge is 2.20. The molecular weight excluding hydrogens is 184 g/mol. The lowest BCUT2D eigenvalue weighted by atomic mass is 10.2. The number of carbonyl (C=O) groups is 1. The molecule has 0 bridgehead atoms. The topological polar surface area (TPSA) is 72.3 Å². The lowest BCUT2D eigenvalue weighted by Gasteiger charge is -2.06. The van der Waals surface area contributed by atoms with E-state index in [1.165, 1.54) is 12.4 Å². The van der Waals surface area contributed by atoms with Gasteiger partial charge in [-0.05, 0) is 12.8 Å². The van der Waals surface area contributed by atoms with Crippen LogP contribution in [0.2, 0.25) is 0 Å². The highest BCUT2D eigenvalue weighted by Crippen LogP contribution is 2.25. The maximum Gasteiger partial charge on any atom is 0.338 e. The predicted molar refractivity (Wildman–Crippen MR) is 46.9 cm³/mol. The number of nitrogens with zero attached hydrogens (tertiary/aromatic N) is 2. The lowest BCUT2D eigenvalue weighted by molar-refractivity contribution is 0.0694. The van der Waals surface area contributed by atoms with E-state index in [1.54, 1.807) is 0 Å². The van der Waals surface area contributed by atoms with E-state index in [0.717, 1.165) is 19.4 Å². The lowest BCUT2D eigenvalue weighted by Crippen LogP contribution is -2.05. The smallest absolute Gasteiger partial charge is 0.338 e. The van der Waals surface area contributed by atoms with E-state index in [0.29, 0.717) is 5.82 Å². The van der Waals surface area contributed by atoms with Gasteiger partial charge in [-0.25, -0.2) is 14.8 Å². The van der Waals surface area contributed by atoms with Crippen LogP contribution in [0.4, 0.5) is 0 Å². The first-order chi connectivity index (χ1) is 6.77. The van der Waals surface area contributed by atoms with Crippen LogP contribution < -0.4 is 0 Å². The largest absolute Gasteiger partial charge is 0.478 e. The van der Waals surface area contributed by atoms with E-state index in [1.807, 2.05) is 0 Å². The number of hydrogen-bond donors (Lipinski definition) is 1. The van der Waals surface area contributed by atoms with Gasteiger partial charge in [0.25, 0.3) is 0 Å². The number of ether oxygens (including phenoxy) is 1. The van der Waals surface area contributed by atoms with Crippen molar-refractivity contribution in [1.29, 1.82) is 0 Å². The molecule has 0 saturated carbocycles. The third-order valence-corrected chi connectivity index (χ3v) is 2.14. The fourth-order valence-corrected chi connectivity index (χ4v) is 1.40. The summed E-state index contributed by atoms with van der Waals surface area (Å²) >= 11 is 0. The van der Waals surface area contributed by atoms with Crippen molar-refractivity contribution in [2.24, 2.45) is 0 Å². The monoisotopic (exact) mass is 194 g/mol. The van der Waals surface area contributed by atoms with E-state index in [-0.39, 0.29) is 11.7 Å². The average Bonchev–Trinajstić information content (AvgIpc) is 2.71. The van der Waals surface area contributed by atoms with Crippen molar-refractivity contribution in [3.63, 3.8) is 0 Å². The molecule has 5 nitrogen and oxygen atoms in total. The summed E-state index contributed by atoms with van der Waals surface area (Å²) in [5.74, 6) is -0.434. The van der Waals surface area contributed by atoms with Crippen molar-refractivity contribution < 1.29 is 14.6 Å². The first-order valence-corrected chi connectivity index (χ1v) is 4.44. The fraction of sp³-hybridized carbons (Fsp3) is 0.444. The molecule has 0 amide bonds. The van der Waals surface area contributed by atoms with Crippen LogP contribution in [-0.4, -0.2) is 27.7 Å². The van der Waals surface area contributed by atoms with Crippen molar-refractivity contribution in [2.75, 3.05) is 6.61 Å². The minimum absolute atomic E-state index is 0.0576. The molecule has 1 aliphatic heterocycles. The van der Waals surface area contributed by atoms with Crippen LogP contribution in [0.1, 0.15) is 35.1 Å². The second kappa shape index (κ2) is 3.71. The molecule has 0 aliphatic carbocycles. The minimum Gasteiger partial charge on any atom is -0.478 e. The van der Waals surface area contributed by atoms with Crippen LogP contribution >= 0.6 is 0 Å². The summed E-state index contributed by atoms with van der Waals surface area (Å²) in [4.78, 5) is 18.5. The highest BCUT2D eigenvalue weighted by atomic mass is 16.5. The fourth-order valence-electron chi connectivity index (χ4n) is 1.40. The van der Waals surface area contributed by atoms with Crippen molar-refractivity contribution >= 4 is 5.97 Å². The number of aromatic nitrogens is 2. The molecule has 0 radical (unpaired) electrons. The molecule has 2 rings (SSSR count). The Morgan fingerprint density at radius 2 is 2.21 bits per heavy atom. The van der Waals surface area contributed by atoms with Gasteiger partial charge in [-0.2, -0.15) is 0 Å². The summed E-state index contributed by atoms with van der Waals surface area (Å²) in [7, 11) is 0. The third kappa shape index (κ3) is 1.72. The minimum atomic E-state index is -1.01. The van der Waals surface area contributed by atoms with Gasteiger partial charge in [0, 0.05) is 19.0 Å². The summed E-state index contributed by atoms with van der Waals surface area (Å²) in [5.41, 5.74) is 0.103. The van der Waals surface area contributed by atoms with E-state index in [4.69, 9.17) is 9.84 Å². The summed E-state index contributed by atoms with van der Waals surface area (Å²) in [6.45, 7) is 0.731. The molecule has 1 aromatic heterocycles. The highest BCUT2D eigenvalue weighted by molar-refractivity contribution is 5.86. The molecule has 1 N–H and O–H groups in total. The molecule has 0 spiro atoms. The molecular formula is C9H10N2O3. The number of aromatic carboxylic acids is 1. The second-order valence-corrected chi connectivity index (χ2v) is 3.14. The van der Waals surface area contributed by atoms with Gasteiger partial charge >= 0.3 is 5.97 Å². The Hall–Kier alpha value is -1.49. The number of hydrogen-bond acceptors (Lipinski definition) is 4. The molecule has 1 atom stereocenters. The zero-order valence-corrected chi connectivity index (χ0v) is 7.51. The van der Waals surface area contributed by atoms with Gasteiger partial charge in [-0.3, -0.25) is 0 Å². The van der Waals surface area contributed by atoms with Gasteiger partial charge < -0.3 is 9.84 Å². The Morgan fingerprint density at radius 3 is 2.71 bits per heavy atom. The van der Waals surface area contributed by atoms with Crippen LogP contribution in [0.25, 0.3) is 0 Å². The molecule has 1 fully saturated rings. The molecule has 1 saturated heterocycles. The quantitative estimate of drug-likeness (QED) is 0.761. The van der Waals surface area contributed by atoms with E-state index in [9.17, 15) is 4.79 Å². The Bertz CT molecular complexity index is 330. The zero-order valence-electron chi connectivity index (χ0n) is 7.51. The van der Waals surface area contributed by atoms with Crippen LogP contribution in [0, 0.1) is 0 Å². The summed E-state index contributed by atoms with van der Waals surface area (Å²) < 4.78 is 5.37. The number of carboxylic acids is 1. The average molecular weight is 194 g/mol. The third-order valence-electron chi connectivity index (χ3n) is 2.14. The summed E-state index contributed by atoms with van der Waals surface area (Å²) in [5, 5.41) is 8.63. The Kier molecular flexibility index (Phi) is 2.41. The molecule has 5 heteroatoms. The van der Waals surface area contributed by atoms with Crippen molar-refractivity contribution in [2.45, 2.75) is 18.9 Å². The molecule has 1 unspecified atom stereocenters. The molecule has 1 aromatic rings. The maximum absolute atomic E-state index is 10.5. The van der Waals surface area contributed by atoms with Crippen LogP contribution in [0.5, 0.6) is 0 Å². The zero-order chi connectivity index (χ0) is 9.97. The predicted octanol–water partition coefficient (Wildman–Crippen LogP) is 1.03. The molecule has 0 aromatic carbocycles. The normalized spacial score (nSPS) is 21.0. The SMILES string of the molecule is O=C(O)c1cnc(C2CCCO2)nc1. The molecule has 14 heavy (non-hydrogen) atoms. The number of carboxylic acid groups (broad SMARTS) is 1. The van der Waals surface area contributed by atoms with E-state index >= 15 is 0 Å². The second-order valence-electron chi connectivity index (χ2n) is 3.14. The molecule has 74 valence electrons. The first kappa shape index (κ1) is 9.08.